The number of ether oxygens (including phenoxy) is 1. The van der Waals surface area contributed by atoms with Gasteiger partial charge < -0.3 is 9.64 Å². The van der Waals surface area contributed by atoms with Gasteiger partial charge in [-0.05, 0) is 49.4 Å². The van der Waals surface area contributed by atoms with Crippen LogP contribution in [0.5, 0.6) is 0 Å². The Balaban J connectivity index is 1.78. The van der Waals surface area contributed by atoms with Crippen LogP contribution in [0.25, 0.3) is 5.57 Å². The maximum atomic E-state index is 13.7. The summed E-state index contributed by atoms with van der Waals surface area (Å²) in [5.74, 6) is -0.542. The van der Waals surface area contributed by atoms with Crippen molar-refractivity contribution in [2.24, 2.45) is 0 Å². The van der Waals surface area contributed by atoms with Crippen molar-refractivity contribution in [3.8, 4) is 0 Å². The van der Waals surface area contributed by atoms with E-state index < -0.39 is 0 Å². The molecule has 2 unspecified atom stereocenters. The summed E-state index contributed by atoms with van der Waals surface area (Å²) in [5.41, 5.74) is 4.57. The van der Waals surface area contributed by atoms with E-state index in [9.17, 15) is 9.59 Å². The van der Waals surface area contributed by atoms with Gasteiger partial charge in [0.25, 0.3) is 11.8 Å². The van der Waals surface area contributed by atoms with E-state index in [4.69, 9.17) is 4.74 Å². The number of aryl methyl sites for hydroxylation is 1. The molecule has 2 heterocycles. The van der Waals surface area contributed by atoms with Gasteiger partial charge in [0, 0.05) is 13.1 Å². The smallest absolute Gasteiger partial charge is 0.282 e. The van der Waals surface area contributed by atoms with Crippen LogP contribution in [-0.2, 0) is 19.7 Å². The number of imide groups is 1. The Labute approximate surface area is 190 Å². The van der Waals surface area contributed by atoms with Crippen LogP contribution in [0.2, 0.25) is 0 Å². The summed E-state index contributed by atoms with van der Waals surface area (Å²) >= 11 is 0. The highest BCUT2D eigenvalue weighted by molar-refractivity contribution is 6.45. The Morgan fingerprint density at radius 3 is 1.94 bits per heavy atom. The number of nitrogens with zero attached hydrogens (tertiary/aromatic N) is 2. The normalized spacial score (nSPS) is 22.2. The van der Waals surface area contributed by atoms with E-state index in [0.29, 0.717) is 30.0 Å². The topological polar surface area (TPSA) is 49.9 Å². The highest BCUT2D eigenvalue weighted by Gasteiger charge is 2.43. The quantitative estimate of drug-likeness (QED) is 0.661. The van der Waals surface area contributed by atoms with Gasteiger partial charge in [0.15, 0.2) is 0 Å². The molecule has 2 aliphatic heterocycles. The Morgan fingerprint density at radius 2 is 1.41 bits per heavy atom. The number of hydrogen-bond donors (Lipinski definition) is 0. The third kappa shape index (κ3) is 4.09. The number of hydrogen-bond acceptors (Lipinski definition) is 4. The first-order valence-electron chi connectivity index (χ1n) is 11.3. The predicted octanol–water partition coefficient (Wildman–Crippen LogP) is 4.69. The van der Waals surface area contributed by atoms with Gasteiger partial charge in [-0.2, -0.15) is 0 Å². The Morgan fingerprint density at radius 1 is 0.844 bits per heavy atom. The summed E-state index contributed by atoms with van der Waals surface area (Å²) in [4.78, 5) is 30.8. The van der Waals surface area contributed by atoms with E-state index >= 15 is 0 Å². The van der Waals surface area contributed by atoms with Crippen molar-refractivity contribution in [3.05, 3.63) is 70.9 Å². The average molecular weight is 433 g/mol. The fraction of sp³-hybridized carbons (Fsp3) is 0.407. The molecule has 2 aromatic rings. The molecular formula is C27H32N2O3. The molecule has 1 fully saturated rings. The molecule has 0 radical (unpaired) electrons. The molecule has 5 nitrogen and oxygen atoms in total. The first-order chi connectivity index (χ1) is 15.1. The zero-order valence-electron chi connectivity index (χ0n) is 19.8. The van der Waals surface area contributed by atoms with Gasteiger partial charge in [-0.3, -0.25) is 9.59 Å². The molecule has 168 valence electrons. The van der Waals surface area contributed by atoms with Crippen molar-refractivity contribution in [3.63, 3.8) is 0 Å². The molecule has 2 aromatic carbocycles. The Hall–Kier alpha value is -2.92. The molecule has 5 heteroatoms. The summed E-state index contributed by atoms with van der Waals surface area (Å²) in [5, 5.41) is 0. The minimum atomic E-state index is -0.274. The van der Waals surface area contributed by atoms with Gasteiger partial charge in [-0.15, -0.1) is 0 Å². The van der Waals surface area contributed by atoms with Crippen LogP contribution in [0.3, 0.4) is 0 Å². The third-order valence-electron chi connectivity index (χ3n) is 6.13. The second-order valence-electron chi connectivity index (χ2n) is 9.99. The van der Waals surface area contributed by atoms with Crippen molar-refractivity contribution in [2.45, 2.75) is 59.2 Å². The molecule has 32 heavy (non-hydrogen) atoms. The van der Waals surface area contributed by atoms with Crippen LogP contribution in [0.15, 0.2) is 54.2 Å². The first kappa shape index (κ1) is 22.3. The maximum Gasteiger partial charge on any atom is 0.282 e. The third-order valence-corrected chi connectivity index (χ3v) is 6.13. The van der Waals surface area contributed by atoms with Gasteiger partial charge >= 0.3 is 0 Å². The van der Waals surface area contributed by atoms with E-state index in [0.717, 1.165) is 16.7 Å². The van der Waals surface area contributed by atoms with Crippen molar-refractivity contribution in [2.75, 3.05) is 18.0 Å². The van der Waals surface area contributed by atoms with Crippen molar-refractivity contribution >= 4 is 23.1 Å². The fourth-order valence-corrected chi connectivity index (χ4v) is 4.50. The standard InChI is InChI=1S/C27H32N2O3/c1-17-7-9-20(10-8-17)23-24(28-15-18(2)32-19(3)16-28)26(31)29(25(23)30)22-13-11-21(12-14-22)27(4,5)6/h7-14,18-19H,15-16H2,1-6H3. The molecule has 1 saturated heterocycles. The van der Waals surface area contributed by atoms with Gasteiger partial charge in [-0.25, -0.2) is 4.90 Å². The molecule has 2 amide bonds. The van der Waals surface area contributed by atoms with E-state index in [1.807, 2.05) is 74.2 Å². The van der Waals surface area contributed by atoms with E-state index in [1.54, 1.807) is 0 Å². The number of carbonyl (C=O) groups excluding carboxylic acids is 2. The second-order valence-corrected chi connectivity index (χ2v) is 9.99. The number of morpholine rings is 1. The monoisotopic (exact) mass is 432 g/mol. The molecule has 0 aliphatic carbocycles. The molecule has 4 rings (SSSR count). The summed E-state index contributed by atoms with van der Waals surface area (Å²) in [6.07, 6.45) is -0.0397. The summed E-state index contributed by atoms with van der Waals surface area (Å²) in [6.45, 7) is 13.6. The molecule has 0 aromatic heterocycles. The van der Waals surface area contributed by atoms with Crippen LogP contribution in [-0.4, -0.2) is 42.0 Å². The minimum Gasteiger partial charge on any atom is -0.372 e. The zero-order valence-corrected chi connectivity index (χ0v) is 19.8. The van der Waals surface area contributed by atoms with Gasteiger partial charge in [-0.1, -0.05) is 62.7 Å². The van der Waals surface area contributed by atoms with Crippen molar-refractivity contribution in [1.82, 2.24) is 4.90 Å². The maximum absolute atomic E-state index is 13.7. The van der Waals surface area contributed by atoms with Gasteiger partial charge in [0.05, 0.1) is 23.5 Å². The highest BCUT2D eigenvalue weighted by Crippen LogP contribution is 2.36. The molecule has 0 saturated carbocycles. The fourth-order valence-electron chi connectivity index (χ4n) is 4.50. The van der Waals surface area contributed by atoms with Crippen LogP contribution >= 0.6 is 0 Å². The van der Waals surface area contributed by atoms with Crippen LogP contribution in [0, 0.1) is 6.92 Å². The van der Waals surface area contributed by atoms with Crippen LogP contribution in [0.1, 0.15) is 51.3 Å². The van der Waals surface area contributed by atoms with E-state index in [-0.39, 0.29) is 29.4 Å². The van der Waals surface area contributed by atoms with E-state index in [2.05, 4.69) is 20.8 Å². The van der Waals surface area contributed by atoms with Crippen molar-refractivity contribution in [1.29, 1.82) is 0 Å². The summed E-state index contributed by atoms with van der Waals surface area (Å²) < 4.78 is 5.88. The van der Waals surface area contributed by atoms with Crippen LogP contribution < -0.4 is 4.90 Å². The number of benzene rings is 2. The lowest BCUT2D eigenvalue weighted by molar-refractivity contribution is -0.121. The first-order valence-corrected chi connectivity index (χ1v) is 11.3. The lowest BCUT2D eigenvalue weighted by atomic mass is 9.87. The van der Waals surface area contributed by atoms with Gasteiger partial charge in [0.2, 0.25) is 0 Å². The lowest BCUT2D eigenvalue weighted by Gasteiger charge is -2.37. The zero-order chi connectivity index (χ0) is 23.2. The second kappa shape index (κ2) is 8.21. The van der Waals surface area contributed by atoms with Crippen molar-refractivity contribution < 1.29 is 14.3 Å². The Bertz CT molecular complexity index is 1050. The molecular weight excluding hydrogens is 400 g/mol. The number of rotatable bonds is 3. The molecule has 2 aliphatic rings. The molecule has 0 N–H and O–H groups in total. The predicted molar refractivity (Wildman–Crippen MR) is 127 cm³/mol. The van der Waals surface area contributed by atoms with Gasteiger partial charge in [0.1, 0.15) is 5.70 Å². The SMILES string of the molecule is Cc1ccc(C2=C(N3CC(C)OC(C)C3)C(=O)N(c3ccc(C(C)(C)C)cc3)C2=O)cc1. The lowest BCUT2D eigenvalue weighted by Crippen LogP contribution is -2.47. The summed E-state index contributed by atoms with van der Waals surface area (Å²) in [7, 11) is 0. The molecule has 2 atom stereocenters. The summed E-state index contributed by atoms with van der Waals surface area (Å²) in [6, 6.07) is 15.5. The molecule has 0 bridgehead atoms. The number of carbonyl (C=O) groups is 2. The Kier molecular flexibility index (Phi) is 5.72. The minimum absolute atomic E-state index is 0.00585. The number of anilines is 1. The number of amides is 2. The average Bonchev–Trinajstić information content (AvgIpc) is 2.97. The largest absolute Gasteiger partial charge is 0.372 e. The van der Waals surface area contributed by atoms with E-state index in [1.165, 1.54) is 4.90 Å². The van der Waals surface area contributed by atoms with Crippen LogP contribution in [0.4, 0.5) is 5.69 Å². The molecule has 0 spiro atoms. The highest BCUT2D eigenvalue weighted by atomic mass is 16.5.